The SMILES string of the molecule is O=C(NCC1CCCC(CNC(=O)c2ccccc2F)C1)c1ccccc1F. The van der Waals surface area contributed by atoms with E-state index in [-0.39, 0.29) is 23.0 Å². The summed E-state index contributed by atoms with van der Waals surface area (Å²) in [5.41, 5.74) is 0.0963. The molecule has 2 unspecified atom stereocenters. The van der Waals surface area contributed by atoms with Crippen molar-refractivity contribution in [3.05, 3.63) is 71.3 Å². The lowest BCUT2D eigenvalue weighted by atomic mass is 9.81. The molecule has 6 heteroatoms. The average molecular weight is 386 g/mol. The molecule has 2 aromatic rings. The molecule has 0 aliphatic heterocycles. The summed E-state index contributed by atoms with van der Waals surface area (Å²) < 4.78 is 27.4. The zero-order valence-electron chi connectivity index (χ0n) is 15.6. The van der Waals surface area contributed by atoms with Crippen molar-refractivity contribution in [1.29, 1.82) is 0 Å². The van der Waals surface area contributed by atoms with E-state index >= 15 is 0 Å². The normalized spacial score (nSPS) is 19.1. The minimum absolute atomic E-state index is 0.0482. The Morgan fingerprint density at radius 3 is 1.64 bits per heavy atom. The topological polar surface area (TPSA) is 58.2 Å². The zero-order valence-corrected chi connectivity index (χ0v) is 15.6. The first-order valence-corrected chi connectivity index (χ1v) is 9.60. The highest BCUT2D eigenvalue weighted by Gasteiger charge is 2.24. The van der Waals surface area contributed by atoms with Crippen molar-refractivity contribution in [3.63, 3.8) is 0 Å². The van der Waals surface area contributed by atoms with Gasteiger partial charge in [0.05, 0.1) is 11.1 Å². The molecule has 2 N–H and O–H groups in total. The van der Waals surface area contributed by atoms with Gasteiger partial charge < -0.3 is 10.6 Å². The molecule has 0 spiro atoms. The lowest BCUT2D eigenvalue weighted by Crippen LogP contribution is -2.36. The summed E-state index contributed by atoms with van der Waals surface area (Å²) in [6.07, 6.45) is 3.82. The third kappa shape index (κ3) is 5.15. The zero-order chi connectivity index (χ0) is 19.9. The van der Waals surface area contributed by atoms with Gasteiger partial charge in [-0.15, -0.1) is 0 Å². The molecule has 0 heterocycles. The van der Waals surface area contributed by atoms with Crippen molar-refractivity contribution in [1.82, 2.24) is 10.6 Å². The van der Waals surface area contributed by atoms with E-state index in [2.05, 4.69) is 10.6 Å². The molecule has 2 atom stereocenters. The minimum atomic E-state index is -0.530. The lowest BCUT2D eigenvalue weighted by molar-refractivity contribution is 0.0931. The van der Waals surface area contributed by atoms with Crippen LogP contribution in [0.15, 0.2) is 48.5 Å². The first-order valence-electron chi connectivity index (χ1n) is 9.60. The van der Waals surface area contributed by atoms with Crippen molar-refractivity contribution >= 4 is 11.8 Å². The van der Waals surface area contributed by atoms with Crippen LogP contribution >= 0.6 is 0 Å². The Morgan fingerprint density at radius 2 is 1.21 bits per heavy atom. The van der Waals surface area contributed by atoms with E-state index in [0.717, 1.165) is 25.7 Å². The number of nitrogens with one attached hydrogen (secondary N) is 2. The molecule has 1 fully saturated rings. The maximum absolute atomic E-state index is 13.7. The van der Waals surface area contributed by atoms with Crippen LogP contribution in [0.4, 0.5) is 8.78 Å². The smallest absolute Gasteiger partial charge is 0.254 e. The number of carbonyl (C=O) groups excluding carboxylic acids is 2. The van der Waals surface area contributed by atoms with Crippen molar-refractivity contribution in [2.45, 2.75) is 25.7 Å². The van der Waals surface area contributed by atoms with Crippen LogP contribution in [0.3, 0.4) is 0 Å². The van der Waals surface area contributed by atoms with Crippen LogP contribution in [0.5, 0.6) is 0 Å². The van der Waals surface area contributed by atoms with Gasteiger partial charge >= 0.3 is 0 Å². The van der Waals surface area contributed by atoms with Crippen molar-refractivity contribution < 1.29 is 18.4 Å². The predicted molar refractivity (Wildman–Crippen MR) is 103 cm³/mol. The molecule has 0 saturated heterocycles. The number of halogens is 2. The number of amides is 2. The van der Waals surface area contributed by atoms with E-state index in [1.165, 1.54) is 24.3 Å². The molecule has 1 saturated carbocycles. The molecule has 0 radical (unpaired) electrons. The molecule has 0 bridgehead atoms. The Morgan fingerprint density at radius 1 is 0.786 bits per heavy atom. The van der Waals surface area contributed by atoms with Gasteiger partial charge in [0, 0.05) is 13.1 Å². The van der Waals surface area contributed by atoms with Gasteiger partial charge in [0.25, 0.3) is 11.8 Å². The molecular weight excluding hydrogens is 362 g/mol. The van der Waals surface area contributed by atoms with Crippen molar-refractivity contribution in [2.24, 2.45) is 11.8 Å². The van der Waals surface area contributed by atoms with Crippen LogP contribution in [0.1, 0.15) is 46.4 Å². The van der Waals surface area contributed by atoms with Gasteiger partial charge in [0.2, 0.25) is 0 Å². The Balaban J connectivity index is 1.46. The van der Waals surface area contributed by atoms with Gasteiger partial charge in [-0.3, -0.25) is 9.59 Å². The van der Waals surface area contributed by atoms with Crippen LogP contribution in [0, 0.1) is 23.5 Å². The second-order valence-corrected chi connectivity index (χ2v) is 7.28. The van der Waals surface area contributed by atoms with Gasteiger partial charge in [0.1, 0.15) is 11.6 Å². The van der Waals surface area contributed by atoms with Gasteiger partial charge in [-0.2, -0.15) is 0 Å². The van der Waals surface area contributed by atoms with E-state index in [0.29, 0.717) is 13.1 Å². The summed E-state index contributed by atoms with van der Waals surface area (Å²) in [6.45, 7) is 0.954. The van der Waals surface area contributed by atoms with E-state index in [9.17, 15) is 18.4 Å². The standard InChI is InChI=1S/C22H24F2N2O2/c23-19-10-3-1-8-17(19)21(27)25-13-15-6-5-7-16(12-15)14-26-22(28)18-9-2-4-11-20(18)24/h1-4,8-11,15-16H,5-7,12-14H2,(H,25,27)(H,26,28). The highest BCUT2D eigenvalue weighted by Crippen LogP contribution is 2.28. The fraction of sp³-hybridized carbons (Fsp3) is 0.364. The second-order valence-electron chi connectivity index (χ2n) is 7.28. The molecule has 2 aromatic carbocycles. The van der Waals surface area contributed by atoms with Crippen molar-refractivity contribution in [3.8, 4) is 0 Å². The monoisotopic (exact) mass is 386 g/mol. The van der Waals surface area contributed by atoms with E-state index < -0.39 is 23.4 Å². The summed E-state index contributed by atoms with van der Waals surface area (Å²) in [7, 11) is 0. The van der Waals surface area contributed by atoms with Crippen molar-refractivity contribution in [2.75, 3.05) is 13.1 Å². The summed E-state index contributed by atoms with van der Waals surface area (Å²) in [6, 6.07) is 11.8. The fourth-order valence-electron chi connectivity index (χ4n) is 3.73. The van der Waals surface area contributed by atoms with E-state index in [1.807, 2.05) is 0 Å². The number of rotatable bonds is 6. The first kappa shape index (κ1) is 20.0. The van der Waals surface area contributed by atoms with Gasteiger partial charge in [-0.05, 0) is 55.4 Å². The first-order chi connectivity index (χ1) is 13.5. The summed E-state index contributed by atoms with van der Waals surface area (Å²) in [5, 5.41) is 5.62. The maximum atomic E-state index is 13.7. The molecule has 1 aliphatic carbocycles. The number of hydrogen-bond acceptors (Lipinski definition) is 2. The van der Waals surface area contributed by atoms with Crippen LogP contribution in [0.2, 0.25) is 0 Å². The van der Waals surface area contributed by atoms with Crippen LogP contribution < -0.4 is 10.6 Å². The summed E-state index contributed by atoms with van der Waals surface area (Å²) in [5.74, 6) is -1.32. The highest BCUT2D eigenvalue weighted by atomic mass is 19.1. The largest absolute Gasteiger partial charge is 0.352 e. The quantitative estimate of drug-likeness (QED) is 0.790. The Hall–Kier alpha value is -2.76. The lowest BCUT2D eigenvalue weighted by Gasteiger charge is -2.29. The molecular formula is C22H24F2N2O2. The van der Waals surface area contributed by atoms with E-state index in [4.69, 9.17) is 0 Å². The van der Waals surface area contributed by atoms with Gasteiger partial charge in [-0.1, -0.05) is 30.7 Å². The summed E-state index contributed by atoms with van der Waals surface area (Å²) in [4.78, 5) is 24.3. The third-order valence-electron chi connectivity index (χ3n) is 5.23. The molecule has 148 valence electrons. The summed E-state index contributed by atoms with van der Waals surface area (Å²) >= 11 is 0. The Labute approximate surface area is 163 Å². The third-order valence-corrected chi connectivity index (χ3v) is 5.23. The number of hydrogen-bond donors (Lipinski definition) is 2. The Bertz CT molecular complexity index is 773. The molecule has 28 heavy (non-hydrogen) atoms. The van der Waals surface area contributed by atoms with Gasteiger partial charge in [0.15, 0.2) is 0 Å². The van der Waals surface area contributed by atoms with E-state index in [1.54, 1.807) is 24.3 Å². The molecule has 1 aliphatic rings. The van der Waals surface area contributed by atoms with Crippen LogP contribution in [-0.2, 0) is 0 Å². The molecule has 0 aromatic heterocycles. The van der Waals surface area contributed by atoms with Gasteiger partial charge in [-0.25, -0.2) is 8.78 Å². The minimum Gasteiger partial charge on any atom is -0.352 e. The molecule has 3 rings (SSSR count). The molecule has 2 amide bonds. The maximum Gasteiger partial charge on any atom is 0.254 e. The highest BCUT2D eigenvalue weighted by molar-refractivity contribution is 5.94. The Kier molecular flexibility index (Phi) is 6.74. The van der Waals surface area contributed by atoms with Crippen LogP contribution in [0.25, 0.3) is 0 Å². The number of carbonyl (C=O) groups is 2. The van der Waals surface area contributed by atoms with Crippen LogP contribution in [-0.4, -0.2) is 24.9 Å². The number of benzene rings is 2. The fourth-order valence-corrected chi connectivity index (χ4v) is 3.73. The average Bonchev–Trinajstić information content (AvgIpc) is 2.71. The second kappa shape index (κ2) is 9.44. The molecule has 4 nitrogen and oxygen atoms in total. The predicted octanol–water partition coefficient (Wildman–Crippen LogP) is 3.93.